The van der Waals surface area contributed by atoms with Crippen molar-refractivity contribution in [3.63, 3.8) is 0 Å². The molecule has 0 spiro atoms. The summed E-state index contributed by atoms with van der Waals surface area (Å²) in [6.07, 6.45) is 0.685. The molecule has 1 heterocycles. The van der Waals surface area contributed by atoms with Crippen LogP contribution < -0.4 is 0 Å². The minimum Gasteiger partial charge on any atom is -0.465 e. The van der Waals surface area contributed by atoms with E-state index in [4.69, 9.17) is 16.3 Å². The predicted molar refractivity (Wildman–Crippen MR) is 76.8 cm³/mol. The third kappa shape index (κ3) is 4.49. The van der Waals surface area contributed by atoms with Gasteiger partial charge >= 0.3 is 5.97 Å². The summed E-state index contributed by atoms with van der Waals surface area (Å²) in [7, 11) is 0. The van der Waals surface area contributed by atoms with Gasteiger partial charge in [-0.25, -0.2) is 4.98 Å². The Hall–Kier alpha value is -1.62. The fourth-order valence-electron chi connectivity index (χ4n) is 1.73. The number of hydrogen-bond donors (Lipinski definition) is 0. The van der Waals surface area contributed by atoms with Crippen molar-refractivity contribution in [2.24, 2.45) is 0 Å². The normalized spacial score (nSPS) is 10.2. The van der Waals surface area contributed by atoms with Crippen LogP contribution in [0.4, 0.5) is 0 Å². The van der Waals surface area contributed by atoms with Crippen LogP contribution in [0.1, 0.15) is 36.8 Å². The summed E-state index contributed by atoms with van der Waals surface area (Å²) in [5.41, 5.74) is 1.18. The van der Waals surface area contributed by atoms with Crippen LogP contribution >= 0.6 is 11.6 Å². The van der Waals surface area contributed by atoms with Crippen molar-refractivity contribution >= 4 is 23.5 Å². The number of carbonyl (C=O) groups is 2. The van der Waals surface area contributed by atoms with E-state index in [1.54, 1.807) is 19.9 Å². The molecule has 1 rings (SSSR count). The molecule has 0 fully saturated rings. The highest BCUT2D eigenvalue weighted by Crippen LogP contribution is 2.13. The predicted octanol–water partition coefficient (Wildman–Crippen LogP) is 2.32. The van der Waals surface area contributed by atoms with Gasteiger partial charge in [-0.2, -0.15) is 0 Å². The Labute approximate surface area is 123 Å². The van der Waals surface area contributed by atoms with Gasteiger partial charge in [0, 0.05) is 17.8 Å². The fraction of sp³-hybridized carbons (Fsp3) is 0.500. The average molecular weight is 299 g/mol. The third-order valence-electron chi connectivity index (χ3n) is 2.75. The first kappa shape index (κ1) is 16.4. The molecule has 0 radical (unpaired) electrons. The van der Waals surface area contributed by atoms with Gasteiger partial charge in [0.1, 0.15) is 11.7 Å². The number of nitrogens with zero attached hydrogens (tertiary/aromatic N) is 2. The maximum atomic E-state index is 12.4. The van der Waals surface area contributed by atoms with Gasteiger partial charge in [0.25, 0.3) is 5.91 Å². The molecule has 1 amide bonds. The molecule has 0 atom stereocenters. The van der Waals surface area contributed by atoms with Gasteiger partial charge in [0.2, 0.25) is 0 Å². The molecule has 20 heavy (non-hydrogen) atoms. The van der Waals surface area contributed by atoms with Crippen LogP contribution in [0.25, 0.3) is 0 Å². The Morgan fingerprint density at radius 1 is 1.30 bits per heavy atom. The second-order valence-corrected chi connectivity index (χ2v) is 4.54. The summed E-state index contributed by atoms with van der Waals surface area (Å²) >= 11 is 5.90. The average Bonchev–Trinajstić information content (AvgIpc) is 2.43. The zero-order chi connectivity index (χ0) is 15.1. The summed E-state index contributed by atoms with van der Waals surface area (Å²) < 4.78 is 4.86. The summed E-state index contributed by atoms with van der Waals surface area (Å²) in [5.74, 6) is -0.668. The van der Waals surface area contributed by atoms with E-state index in [0.717, 1.165) is 5.69 Å². The Morgan fingerprint density at radius 3 is 2.55 bits per heavy atom. The molecule has 6 heteroatoms. The van der Waals surface area contributed by atoms with Crippen molar-refractivity contribution in [2.75, 3.05) is 19.7 Å². The molecule has 0 saturated heterocycles. The summed E-state index contributed by atoms with van der Waals surface area (Å²) in [4.78, 5) is 29.4. The second-order valence-electron chi connectivity index (χ2n) is 4.15. The highest BCUT2D eigenvalue weighted by molar-refractivity contribution is 6.29. The molecule has 0 aliphatic heterocycles. The van der Waals surface area contributed by atoms with Crippen molar-refractivity contribution in [3.8, 4) is 0 Å². The van der Waals surface area contributed by atoms with Gasteiger partial charge in [0.05, 0.1) is 6.61 Å². The molecule has 0 bridgehead atoms. The largest absolute Gasteiger partial charge is 0.465 e. The topological polar surface area (TPSA) is 59.5 Å². The van der Waals surface area contributed by atoms with E-state index in [-0.39, 0.29) is 17.6 Å². The number of carbonyl (C=O) groups excluding carboxylic acids is 2. The van der Waals surface area contributed by atoms with Gasteiger partial charge in [-0.1, -0.05) is 18.5 Å². The molecular formula is C14H19ClN2O3. The minimum absolute atomic E-state index is 0.0649. The van der Waals surface area contributed by atoms with Crippen LogP contribution in [0.15, 0.2) is 12.1 Å². The Bertz CT molecular complexity index is 491. The molecule has 0 aliphatic rings. The van der Waals surface area contributed by atoms with Gasteiger partial charge in [-0.3, -0.25) is 9.59 Å². The molecular weight excluding hydrogens is 280 g/mol. The van der Waals surface area contributed by atoms with E-state index in [9.17, 15) is 9.59 Å². The molecule has 0 N–H and O–H groups in total. The van der Waals surface area contributed by atoms with Crippen molar-refractivity contribution < 1.29 is 14.3 Å². The van der Waals surface area contributed by atoms with Crippen molar-refractivity contribution in [1.82, 2.24) is 9.88 Å². The minimum atomic E-state index is -0.418. The van der Waals surface area contributed by atoms with Gasteiger partial charge < -0.3 is 9.64 Å². The van der Waals surface area contributed by atoms with Crippen LogP contribution in [0.2, 0.25) is 5.15 Å². The van der Waals surface area contributed by atoms with Crippen molar-refractivity contribution in [2.45, 2.75) is 27.2 Å². The number of esters is 1. The molecule has 0 unspecified atom stereocenters. The Kier molecular flexibility index (Phi) is 6.45. The van der Waals surface area contributed by atoms with Crippen LogP contribution in [-0.2, 0) is 16.0 Å². The summed E-state index contributed by atoms with van der Waals surface area (Å²) in [6.45, 7) is 6.12. The number of aromatic nitrogens is 1. The SMILES string of the molecule is CCOC(=O)CN(CC)C(=O)c1cc(Cl)nc(CC)c1. The molecule has 0 saturated carbocycles. The standard InChI is InChI=1S/C14H19ClN2O3/c1-4-11-7-10(8-12(15)16-11)14(19)17(5-2)9-13(18)20-6-3/h7-8H,4-6,9H2,1-3H3. The number of amides is 1. The third-order valence-corrected chi connectivity index (χ3v) is 2.94. The summed E-state index contributed by atoms with van der Waals surface area (Å²) in [5, 5.41) is 0.278. The second kappa shape index (κ2) is 7.85. The number of halogens is 1. The maximum absolute atomic E-state index is 12.4. The van der Waals surface area contributed by atoms with E-state index in [1.807, 2.05) is 6.92 Å². The number of pyridine rings is 1. The molecule has 110 valence electrons. The highest BCUT2D eigenvalue weighted by Gasteiger charge is 2.19. The van der Waals surface area contributed by atoms with E-state index >= 15 is 0 Å². The number of likely N-dealkylation sites (N-methyl/N-ethyl adjacent to an activating group) is 1. The lowest BCUT2D eigenvalue weighted by molar-refractivity contribution is -0.143. The number of rotatable bonds is 6. The lowest BCUT2D eigenvalue weighted by Crippen LogP contribution is -2.36. The molecule has 5 nitrogen and oxygen atoms in total. The molecule has 0 aliphatic carbocycles. The van der Waals surface area contributed by atoms with Crippen molar-refractivity contribution in [3.05, 3.63) is 28.5 Å². The fourth-order valence-corrected chi connectivity index (χ4v) is 1.95. The number of aryl methyl sites for hydroxylation is 1. The molecule has 1 aromatic rings. The lowest BCUT2D eigenvalue weighted by Gasteiger charge is -2.20. The van der Waals surface area contributed by atoms with Gasteiger partial charge in [-0.05, 0) is 32.4 Å². The zero-order valence-corrected chi connectivity index (χ0v) is 12.7. The molecule has 1 aromatic heterocycles. The first-order chi connectivity index (χ1) is 9.51. The van der Waals surface area contributed by atoms with Crippen LogP contribution in [0, 0.1) is 0 Å². The first-order valence-corrected chi connectivity index (χ1v) is 7.00. The van der Waals surface area contributed by atoms with Crippen LogP contribution in [0.3, 0.4) is 0 Å². The Morgan fingerprint density at radius 2 is 2.00 bits per heavy atom. The van der Waals surface area contributed by atoms with Gasteiger partial charge in [0.15, 0.2) is 0 Å². The van der Waals surface area contributed by atoms with E-state index in [2.05, 4.69) is 4.98 Å². The Balaban J connectivity index is 2.90. The monoisotopic (exact) mass is 298 g/mol. The van der Waals surface area contributed by atoms with Crippen LogP contribution in [0.5, 0.6) is 0 Å². The quantitative estimate of drug-likeness (QED) is 0.597. The highest BCUT2D eigenvalue weighted by atomic mass is 35.5. The number of ether oxygens (including phenoxy) is 1. The van der Waals surface area contributed by atoms with Crippen LogP contribution in [-0.4, -0.2) is 41.5 Å². The van der Waals surface area contributed by atoms with Crippen molar-refractivity contribution in [1.29, 1.82) is 0 Å². The zero-order valence-electron chi connectivity index (χ0n) is 12.0. The maximum Gasteiger partial charge on any atom is 0.325 e. The van der Waals surface area contributed by atoms with E-state index in [1.165, 1.54) is 11.0 Å². The first-order valence-electron chi connectivity index (χ1n) is 6.63. The number of hydrogen-bond acceptors (Lipinski definition) is 4. The summed E-state index contributed by atoms with van der Waals surface area (Å²) in [6, 6.07) is 3.21. The van der Waals surface area contributed by atoms with E-state index in [0.29, 0.717) is 25.1 Å². The smallest absolute Gasteiger partial charge is 0.325 e. The molecule has 0 aromatic carbocycles. The van der Waals surface area contributed by atoms with Gasteiger partial charge in [-0.15, -0.1) is 0 Å². The van der Waals surface area contributed by atoms with E-state index < -0.39 is 5.97 Å². The lowest BCUT2D eigenvalue weighted by atomic mass is 10.2.